The number of rotatable bonds is 5. The monoisotopic (exact) mass is 283 g/mol. The molecule has 0 aliphatic carbocycles. The van der Waals surface area contributed by atoms with Crippen LogP contribution in [0.3, 0.4) is 0 Å². The van der Waals surface area contributed by atoms with Gasteiger partial charge in [0.1, 0.15) is 0 Å². The average Bonchev–Trinajstić information content (AvgIpc) is 2.88. The third kappa shape index (κ3) is 3.14. The molecule has 20 heavy (non-hydrogen) atoms. The molecule has 0 aliphatic rings. The van der Waals surface area contributed by atoms with Crippen molar-refractivity contribution in [2.45, 2.75) is 17.3 Å². The van der Waals surface area contributed by atoms with E-state index in [0.29, 0.717) is 5.25 Å². The Morgan fingerprint density at radius 1 is 1.10 bits per heavy atom. The van der Waals surface area contributed by atoms with Gasteiger partial charge in [-0.1, -0.05) is 49.0 Å². The molecule has 3 aromatic rings. The van der Waals surface area contributed by atoms with Crippen molar-refractivity contribution in [2.75, 3.05) is 11.9 Å². The lowest BCUT2D eigenvalue weighted by molar-refractivity contribution is 0.978. The zero-order valence-electron chi connectivity index (χ0n) is 11.3. The van der Waals surface area contributed by atoms with Crippen LogP contribution < -0.4 is 5.32 Å². The molecular weight excluding hydrogens is 266 g/mol. The summed E-state index contributed by atoms with van der Waals surface area (Å²) in [4.78, 5) is 7.94. The third-order valence-corrected chi connectivity index (χ3v) is 4.03. The molecule has 0 amide bonds. The third-order valence-electron chi connectivity index (χ3n) is 3.05. The van der Waals surface area contributed by atoms with Crippen molar-refractivity contribution in [3.63, 3.8) is 0 Å². The Kier molecular flexibility index (Phi) is 3.92. The van der Waals surface area contributed by atoms with Crippen LogP contribution in [0.2, 0.25) is 0 Å². The highest BCUT2D eigenvalue weighted by Gasteiger charge is 2.08. The van der Waals surface area contributed by atoms with Gasteiger partial charge >= 0.3 is 0 Å². The van der Waals surface area contributed by atoms with E-state index in [4.69, 9.17) is 0 Å². The van der Waals surface area contributed by atoms with Gasteiger partial charge in [-0.25, -0.2) is 4.98 Å². The van der Waals surface area contributed by atoms with Gasteiger partial charge < -0.3 is 10.3 Å². The minimum atomic E-state index is 0.441. The molecule has 1 aromatic heterocycles. The van der Waals surface area contributed by atoms with E-state index >= 15 is 0 Å². The number of fused-ring (bicyclic) bond motifs is 1. The van der Waals surface area contributed by atoms with Gasteiger partial charge in [0.25, 0.3) is 0 Å². The number of nitrogens with zero attached hydrogens (tertiary/aromatic N) is 1. The van der Waals surface area contributed by atoms with Crippen molar-refractivity contribution in [1.29, 1.82) is 0 Å². The molecule has 2 aromatic carbocycles. The quantitative estimate of drug-likeness (QED) is 0.691. The highest BCUT2D eigenvalue weighted by Crippen LogP contribution is 2.23. The summed E-state index contributed by atoms with van der Waals surface area (Å²) < 4.78 is 0. The van der Waals surface area contributed by atoms with E-state index in [0.717, 1.165) is 28.4 Å². The van der Waals surface area contributed by atoms with Gasteiger partial charge in [0.05, 0.1) is 11.0 Å². The Morgan fingerprint density at radius 2 is 1.85 bits per heavy atom. The number of hydrogen-bond donors (Lipinski definition) is 2. The molecule has 0 spiro atoms. The van der Waals surface area contributed by atoms with E-state index in [1.807, 2.05) is 36.4 Å². The van der Waals surface area contributed by atoms with Gasteiger partial charge in [0, 0.05) is 17.5 Å². The van der Waals surface area contributed by atoms with Gasteiger partial charge in [-0.15, -0.1) is 0 Å². The predicted molar refractivity (Wildman–Crippen MR) is 86.3 cm³/mol. The second-order valence-corrected chi connectivity index (χ2v) is 6.16. The number of H-pyrrole nitrogens is 1. The Hall–Kier alpha value is -1.94. The molecular formula is C16H17N3S. The first-order chi connectivity index (χ1) is 9.81. The number of nitrogens with one attached hydrogen (secondary N) is 2. The zero-order chi connectivity index (χ0) is 13.8. The summed E-state index contributed by atoms with van der Waals surface area (Å²) in [6, 6.07) is 18.4. The molecule has 0 bridgehead atoms. The highest BCUT2D eigenvalue weighted by molar-refractivity contribution is 7.99. The van der Waals surface area contributed by atoms with Crippen molar-refractivity contribution in [3.05, 3.63) is 54.6 Å². The second-order valence-electron chi connectivity index (χ2n) is 4.73. The number of imidazole rings is 1. The van der Waals surface area contributed by atoms with Crippen LogP contribution in [0, 0.1) is 0 Å². The fourth-order valence-corrected chi connectivity index (χ4v) is 2.90. The Balaban J connectivity index is 1.59. The number of benzene rings is 2. The topological polar surface area (TPSA) is 40.7 Å². The molecule has 0 fully saturated rings. The minimum absolute atomic E-state index is 0.441. The Labute approximate surface area is 122 Å². The van der Waals surface area contributed by atoms with Gasteiger partial charge in [0.2, 0.25) is 0 Å². The summed E-state index contributed by atoms with van der Waals surface area (Å²) in [5.41, 5.74) is 3.28. The normalized spacial score (nSPS) is 12.4. The molecule has 0 saturated carbocycles. The zero-order valence-corrected chi connectivity index (χ0v) is 12.2. The fraction of sp³-hybridized carbons (Fsp3) is 0.188. The summed E-state index contributed by atoms with van der Waals surface area (Å²) in [5, 5.41) is 4.86. The number of aromatic amines is 1. The molecule has 0 radical (unpaired) electrons. The van der Waals surface area contributed by atoms with Crippen LogP contribution in [0.1, 0.15) is 6.92 Å². The van der Waals surface area contributed by atoms with Crippen molar-refractivity contribution in [2.24, 2.45) is 0 Å². The Morgan fingerprint density at radius 3 is 2.65 bits per heavy atom. The first kappa shape index (κ1) is 13.1. The maximum atomic E-state index is 4.59. The molecule has 4 heteroatoms. The molecule has 3 nitrogen and oxygen atoms in total. The summed E-state index contributed by atoms with van der Waals surface area (Å²) in [7, 11) is 0. The summed E-state index contributed by atoms with van der Waals surface area (Å²) in [5.74, 6) is 0. The van der Waals surface area contributed by atoms with Crippen LogP contribution in [0.4, 0.5) is 5.69 Å². The molecule has 0 aliphatic heterocycles. The first-order valence-corrected chi connectivity index (χ1v) is 7.59. The standard InChI is InChI=1S/C16H17N3S/c1-12(11-17-13-7-3-2-4-8-13)20-16-18-14-9-5-6-10-15(14)19-16/h2-10,12,17H,11H2,1H3,(H,18,19). The van der Waals surface area contributed by atoms with Crippen LogP contribution in [-0.4, -0.2) is 21.8 Å². The minimum Gasteiger partial charge on any atom is -0.384 e. The lowest BCUT2D eigenvalue weighted by Gasteiger charge is -2.11. The fourth-order valence-electron chi connectivity index (χ4n) is 2.04. The molecule has 0 saturated heterocycles. The average molecular weight is 283 g/mol. The van der Waals surface area contributed by atoms with E-state index in [2.05, 4.69) is 40.4 Å². The maximum absolute atomic E-state index is 4.59. The van der Waals surface area contributed by atoms with Gasteiger partial charge in [-0.05, 0) is 24.3 Å². The molecule has 2 N–H and O–H groups in total. The Bertz CT molecular complexity index is 645. The van der Waals surface area contributed by atoms with E-state index in [1.165, 1.54) is 0 Å². The lowest BCUT2D eigenvalue weighted by atomic mass is 10.3. The number of anilines is 1. The molecule has 1 unspecified atom stereocenters. The van der Waals surface area contributed by atoms with Crippen molar-refractivity contribution >= 4 is 28.5 Å². The van der Waals surface area contributed by atoms with Crippen molar-refractivity contribution in [1.82, 2.24) is 9.97 Å². The first-order valence-electron chi connectivity index (χ1n) is 6.71. The number of para-hydroxylation sites is 3. The van der Waals surface area contributed by atoms with Crippen molar-refractivity contribution < 1.29 is 0 Å². The summed E-state index contributed by atoms with van der Waals surface area (Å²) in [6.07, 6.45) is 0. The number of thioether (sulfide) groups is 1. The van der Waals surface area contributed by atoms with E-state index in [1.54, 1.807) is 11.8 Å². The van der Waals surface area contributed by atoms with Crippen LogP contribution >= 0.6 is 11.8 Å². The number of aromatic nitrogens is 2. The predicted octanol–water partition coefficient (Wildman–Crippen LogP) is 4.16. The molecule has 3 rings (SSSR count). The highest BCUT2D eigenvalue weighted by atomic mass is 32.2. The van der Waals surface area contributed by atoms with Gasteiger partial charge in [-0.2, -0.15) is 0 Å². The number of hydrogen-bond acceptors (Lipinski definition) is 3. The smallest absolute Gasteiger partial charge is 0.166 e. The lowest BCUT2D eigenvalue weighted by Crippen LogP contribution is -2.13. The van der Waals surface area contributed by atoms with Gasteiger partial charge in [0.15, 0.2) is 5.16 Å². The molecule has 1 atom stereocenters. The van der Waals surface area contributed by atoms with Crippen LogP contribution in [-0.2, 0) is 0 Å². The van der Waals surface area contributed by atoms with Gasteiger partial charge in [-0.3, -0.25) is 0 Å². The van der Waals surface area contributed by atoms with Crippen LogP contribution in [0.15, 0.2) is 59.8 Å². The van der Waals surface area contributed by atoms with Crippen LogP contribution in [0.25, 0.3) is 11.0 Å². The second kappa shape index (κ2) is 6.01. The molecule has 1 heterocycles. The molecule has 102 valence electrons. The maximum Gasteiger partial charge on any atom is 0.166 e. The summed E-state index contributed by atoms with van der Waals surface area (Å²) >= 11 is 1.76. The van der Waals surface area contributed by atoms with E-state index in [9.17, 15) is 0 Å². The van der Waals surface area contributed by atoms with E-state index in [-0.39, 0.29) is 0 Å². The van der Waals surface area contributed by atoms with Crippen molar-refractivity contribution in [3.8, 4) is 0 Å². The van der Waals surface area contributed by atoms with E-state index < -0.39 is 0 Å². The summed E-state index contributed by atoms with van der Waals surface area (Å²) in [6.45, 7) is 3.11. The largest absolute Gasteiger partial charge is 0.384 e. The SMILES string of the molecule is CC(CNc1ccccc1)Sc1nc2ccccc2[nH]1. The van der Waals surface area contributed by atoms with Crippen LogP contribution in [0.5, 0.6) is 0 Å².